The second kappa shape index (κ2) is 8.52. The van der Waals surface area contributed by atoms with Crippen molar-refractivity contribution in [3.8, 4) is 11.1 Å². The van der Waals surface area contributed by atoms with Crippen LogP contribution in [0.3, 0.4) is 0 Å². The summed E-state index contributed by atoms with van der Waals surface area (Å²) in [4.78, 5) is 16.2. The lowest BCUT2D eigenvalue weighted by Gasteiger charge is -2.22. The normalized spacial score (nSPS) is 11.1. The largest absolute Gasteiger partial charge is 0.390 e. The van der Waals surface area contributed by atoms with Crippen LogP contribution in [0.25, 0.3) is 11.1 Å². The lowest BCUT2D eigenvalue weighted by molar-refractivity contribution is 0.0758. The zero-order valence-corrected chi connectivity index (χ0v) is 16.9. The molecule has 1 aromatic heterocycles. The van der Waals surface area contributed by atoms with E-state index in [1.165, 1.54) is 16.9 Å². The van der Waals surface area contributed by atoms with Gasteiger partial charge in [-0.05, 0) is 36.8 Å². The van der Waals surface area contributed by atoms with Crippen molar-refractivity contribution in [2.24, 2.45) is 0 Å². The zero-order valence-electron chi connectivity index (χ0n) is 16.1. The Hall–Kier alpha value is -1.81. The van der Waals surface area contributed by atoms with Gasteiger partial charge in [-0.15, -0.1) is 11.3 Å². The van der Waals surface area contributed by atoms with Crippen LogP contribution >= 0.6 is 11.3 Å². The number of amides is 1. The van der Waals surface area contributed by atoms with Crippen LogP contribution < -0.4 is 5.73 Å². The fourth-order valence-corrected chi connectivity index (χ4v) is 4.12. The highest BCUT2D eigenvalue weighted by molar-refractivity contribution is 7.16. The van der Waals surface area contributed by atoms with E-state index < -0.39 is 0 Å². The summed E-state index contributed by atoms with van der Waals surface area (Å²) < 4.78 is 0. The summed E-state index contributed by atoms with van der Waals surface area (Å²) in [6, 6.07) is 8.53. The number of nitrogens with two attached hydrogens (primary N) is 1. The van der Waals surface area contributed by atoms with Crippen molar-refractivity contribution >= 4 is 22.2 Å². The molecule has 0 bridgehead atoms. The molecule has 2 N–H and O–H groups in total. The fourth-order valence-electron chi connectivity index (χ4n) is 3.17. The quantitative estimate of drug-likeness (QED) is 0.691. The summed E-state index contributed by atoms with van der Waals surface area (Å²) in [7, 11) is 0. The van der Waals surface area contributed by atoms with Crippen LogP contribution in [0.1, 0.15) is 67.3 Å². The van der Waals surface area contributed by atoms with Gasteiger partial charge in [0, 0.05) is 23.5 Å². The van der Waals surface area contributed by atoms with Crippen LogP contribution in [0.4, 0.5) is 5.00 Å². The third-order valence-electron chi connectivity index (χ3n) is 4.47. The van der Waals surface area contributed by atoms with Crippen molar-refractivity contribution in [3.05, 3.63) is 40.3 Å². The lowest BCUT2D eigenvalue weighted by atomic mass is 9.96. The molecule has 0 unspecified atom stereocenters. The van der Waals surface area contributed by atoms with Gasteiger partial charge in [-0.2, -0.15) is 0 Å². The molecule has 136 valence electrons. The predicted octanol–water partition coefficient (Wildman–Crippen LogP) is 5.69. The Morgan fingerprint density at radius 3 is 2.16 bits per heavy atom. The molecular weight excluding hydrogens is 328 g/mol. The van der Waals surface area contributed by atoms with E-state index in [0.29, 0.717) is 16.5 Å². The first-order chi connectivity index (χ1) is 11.9. The molecule has 1 heterocycles. The van der Waals surface area contributed by atoms with E-state index in [2.05, 4.69) is 52.0 Å². The molecule has 0 atom stereocenters. The van der Waals surface area contributed by atoms with E-state index in [4.69, 9.17) is 5.73 Å². The first-order valence-electron chi connectivity index (χ1n) is 9.19. The molecule has 0 aliphatic rings. The summed E-state index contributed by atoms with van der Waals surface area (Å²) in [6.07, 6.45) is 1.90. The van der Waals surface area contributed by atoms with Crippen LogP contribution in [0.2, 0.25) is 0 Å². The molecule has 0 saturated carbocycles. The number of hydrogen-bond donors (Lipinski definition) is 1. The number of nitrogens with zero attached hydrogens (tertiary/aromatic N) is 1. The Morgan fingerprint density at radius 1 is 1.12 bits per heavy atom. The number of hydrogen-bond acceptors (Lipinski definition) is 3. The molecule has 0 aliphatic carbocycles. The molecule has 3 nitrogen and oxygen atoms in total. The molecule has 25 heavy (non-hydrogen) atoms. The maximum atomic E-state index is 13.2. The number of carbonyl (C=O) groups is 1. The Kier molecular flexibility index (Phi) is 6.65. The molecular formula is C21H30N2OS. The smallest absolute Gasteiger partial charge is 0.257 e. The number of benzene rings is 1. The van der Waals surface area contributed by atoms with Gasteiger partial charge in [0.25, 0.3) is 5.91 Å². The maximum Gasteiger partial charge on any atom is 0.257 e. The molecule has 2 rings (SSSR count). The number of carbonyl (C=O) groups excluding carboxylic acids is 1. The van der Waals surface area contributed by atoms with Gasteiger partial charge >= 0.3 is 0 Å². The molecule has 4 heteroatoms. The summed E-state index contributed by atoms with van der Waals surface area (Å²) in [6.45, 7) is 12.2. The first kappa shape index (κ1) is 19.5. The molecule has 1 amide bonds. The summed E-state index contributed by atoms with van der Waals surface area (Å²) in [5, 5.41) is 0.627. The van der Waals surface area contributed by atoms with Crippen molar-refractivity contribution in [2.75, 3.05) is 18.8 Å². The van der Waals surface area contributed by atoms with E-state index in [1.807, 2.05) is 11.8 Å². The lowest BCUT2D eigenvalue weighted by Crippen LogP contribution is -2.33. The topological polar surface area (TPSA) is 46.3 Å². The van der Waals surface area contributed by atoms with Gasteiger partial charge in [-0.3, -0.25) is 4.79 Å². The van der Waals surface area contributed by atoms with Crippen molar-refractivity contribution in [1.29, 1.82) is 0 Å². The summed E-state index contributed by atoms with van der Waals surface area (Å²) >= 11 is 1.51. The highest BCUT2D eigenvalue weighted by atomic mass is 32.1. The molecule has 0 radical (unpaired) electrons. The molecule has 0 saturated heterocycles. The molecule has 1 aromatic carbocycles. The molecule has 0 spiro atoms. The molecule has 0 fully saturated rings. The number of thiophene rings is 1. The third kappa shape index (κ3) is 4.24. The monoisotopic (exact) mass is 358 g/mol. The number of nitrogen functional groups attached to an aromatic ring is 1. The Bertz CT molecular complexity index is 710. The highest BCUT2D eigenvalue weighted by Gasteiger charge is 2.25. The molecule has 0 aliphatic heterocycles. The van der Waals surface area contributed by atoms with Gasteiger partial charge in [-0.1, -0.05) is 52.0 Å². The van der Waals surface area contributed by atoms with E-state index in [1.54, 1.807) is 0 Å². The van der Waals surface area contributed by atoms with Crippen LogP contribution in [0.5, 0.6) is 0 Å². The summed E-state index contributed by atoms with van der Waals surface area (Å²) in [5.74, 6) is 0.557. The Balaban J connectivity index is 2.48. The van der Waals surface area contributed by atoms with E-state index in [0.717, 1.165) is 41.9 Å². The van der Waals surface area contributed by atoms with Crippen molar-refractivity contribution in [2.45, 2.75) is 53.4 Å². The van der Waals surface area contributed by atoms with Gasteiger partial charge in [0.2, 0.25) is 0 Å². The average Bonchev–Trinajstić information content (AvgIpc) is 2.88. The standard InChI is InChI=1S/C21H30N2OS/c1-6-12-23(13-7-2)21(24)19-18(15(5)25-20(19)22)17-10-8-16(9-11-17)14(3)4/h8-11,14H,6-7,12-13,22H2,1-5H3. The second-order valence-electron chi connectivity index (χ2n) is 6.84. The highest BCUT2D eigenvalue weighted by Crippen LogP contribution is 2.39. The fraction of sp³-hybridized carbons (Fsp3) is 0.476. The van der Waals surface area contributed by atoms with Crippen LogP contribution in [-0.2, 0) is 0 Å². The van der Waals surface area contributed by atoms with Crippen molar-refractivity contribution in [3.63, 3.8) is 0 Å². The number of aryl methyl sites for hydroxylation is 1. The number of rotatable bonds is 7. The zero-order chi connectivity index (χ0) is 18.6. The molecule has 2 aromatic rings. The Morgan fingerprint density at radius 2 is 1.68 bits per heavy atom. The third-order valence-corrected chi connectivity index (χ3v) is 5.40. The first-order valence-corrected chi connectivity index (χ1v) is 10.0. The summed E-state index contributed by atoms with van der Waals surface area (Å²) in [5.41, 5.74) is 10.3. The number of anilines is 1. The van der Waals surface area contributed by atoms with Gasteiger partial charge in [-0.25, -0.2) is 0 Å². The average molecular weight is 359 g/mol. The van der Waals surface area contributed by atoms with Gasteiger partial charge < -0.3 is 10.6 Å². The minimum atomic E-state index is 0.0634. The second-order valence-corrected chi connectivity index (χ2v) is 8.10. The van der Waals surface area contributed by atoms with Crippen LogP contribution in [-0.4, -0.2) is 23.9 Å². The van der Waals surface area contributed by atoms with E-state index in [9.17, 15) is 4.79 Å². The predicted molar refractivity (Wildman–Crippen MR) is 109 cm³/mol. The van der Waals surface area contributed by atoms with Crippen LogP contribution in [0, 0.1) is 6.92 Å². The van der Waals surface area contributed by atoms with Gasteiger partial charge in [0.1, 0.15) is 0 Å². The van der Waals surface area contributed by atoms with Crippen LogP contribution in [0.15, 0.2) is 24.3 Å². The Labute approximate surface area is 155 Å². The van der Waals surface area contributed by atoms with Gasteiger partial charge in [0.05, 0.1) is 10.6 Å². The minimum Gasteiger partial charge on any atom is -0.390 e. The van der Waals surface area contributed by atoms with E-state index >= 15 is 0 Å². The van der Waals surface area contributed by atoms with E-state index in [-0.39, 0.29) is 5.91 Å². The maximum absolute atomic E-state index is 13.2. The van der Waals surface area contributed by atoms with Gasteiger partial charge in [0.15, 0.2) is 0 Å². The van der Waals surface area contributed by atoms with Crippen molar-refractivity contribution < 1.29 is 4.79 Å². The van der Waals surface area contributed by atoms with Crippen molar-refractivity contribution in [1.82, 2.24) is 4.90 Å². The SMILES string of the molecule is CCCN(CCC)C(=O)c1c(N)sc(C)c1-c1ccc(C(C)C)cc1. The minimum absolute atomic E-state index is 0.0634.